The fourth-order valence-electron chi connectivity index (χ4n) is 3.85. The third kappa shape index (κ3) is 3.43. The Bertz CT molecular complexity index is 1230. The first-order valence-corrected chi connectivity index (χ1v) is 9.73. The van der Waals surface area contributed by atoms with Gasteiger partial charge in [-0.3, -0.25) is 4.79 Å². The van der Waals surface area contributed by atoms with Crippen LogP contribution in [0.4, 0.5) is 0 Å². The van der Waals surface area contributed by atoms with E-state index >= 15 is 0 Å². The number of phenols is 3. The molecule has 3 aromatic rings. The van der Waals surface area contributed by atoms with Crippen molar-refractivity contribution in [2.24, 2.45) is 0 Å². The van der Waals surface area contributed by atoms with Crippen molar-refractivity contribution in [1.29, 1.82) is 0 Å². The van der Waals surface area contributed by atoms with Crippen LogP contribution in [0.1, 0.15) is 18.6 Å². The first-order valence-electron chi connectivity index (χ1n) is 9.73. The molecule has 1 aliphatic heterocycles. The molecule has 0 unspecified atom stereocenters. The molecule has 4 rings (SSSR count). The third-order valence-corrected chi connectivity index (χ3v) is 5.61. The second-order valence-corrected chi connectivity index (χ2v) is 7.63. The maximum absolute atomic E-state index is 12.8. The van der Waals surface area contributed by atoms with Crippen molar-refractivity contribution in [1.82, 2.24) is 0 Å². The van der Waals surface area contributed by atoms with Crippen LogP contribution in [0.15, 0.2) is 39.5 Å². The van der Waals surface area contributed by atoms with E-state index in [0.717, 1.165) is 12.1 Å². The second kappa shape index (κ2) is 7.99. The van der Waals surface area contributed by atoms with E-state index in [4.69, 9.17) is 13.9 Å². The first kappa shape index (κ1) is 21.9. The van der Waals surface area contributed by atoms with Crippen molar-refractivity contribution in [3.8, 4) is 34.3 Å². The van der Waals surface area contributed by atoms with E-state index in [0.29, 0.717) is 5.56 Å². The molecule has 1 fully saturated rings. The summed E-state index contributed by atoms with van der Waals surface area (Å²) in [5, 5.41) is 61.1. The normalized spacial score (nSPS) is 25.7. The van der Waals surface area contributed by atoms with Crippen LogP contribution in [0.5, 0.6) is 23.0 Å². The quantitative estimate of drug-likeness (QED) is 0.343. The van der Waals surface area contributed by atoms with E-state index in [-0.39, 0.29) is 33.8 Å². The molecule has 0 bridgehead atoms. The van der Waals surface area contributed by atoms with Gasteiger partial charge in [0.15, 0.2) is 16.9 Å². The van der Waals surface area contributed by atoms with E-state index in [1.165, 1.54) is 32.2 Å². The molecular formula is C22H22O10. The molecule has 0 spiro atoms. The average molecular weight is 446 g/mol. The minimum atomic E-state index is -1.67. The van der Waals surface area contributed by atoms with Crippen LogP contribution < -0.4 is 10.2 Å². The smallest absolute Gasteiger partial charge is 0.197 e. The molecule has 5 atom stereocenters. The van der Waals surface area contributed by atoms with Gasteiger partial charge in [0.05, 0.1) is 18.8 Å². The summed E-state index contributed by atoms with van der Waals surface area (Å²) in [5.74, 6) is -1.08. The fraction of sp³-hybridized carbons (Fsp3) is 0.318. The highest BCUT2D eigenvalue weighted by molar-refractivity contribution is 5.88. The predicted octanol–water partition coefficient (Wildman–Crippen LogP) is 1.13. The van der Waals surface area contributed by atoms with Gasteiger partial charge in [0.1, 0.15) is 52.6 Å². The van der Waals surface area contributed by atoms with E-state index in [1.54, 1.807) is 0 Å². The molecular weight excluding hydrogens is 424 g/mol. The van der Waals surface area contributed by atoms with E-state index in [9.17, 15) is 35.4 Å². The van der Waals surface area contributed by atoms with Crippen LogP contribution in [0, 0.1) is 0 Å². The maximum Gasteiger partial charge on any atom is 0.197 e. The summed E-state index contributed by atoms with van der Waals surface area (Å²) in [5.41, 5.74) is -0.698. The Kier molecular flexibility index (Phi) is 5.47. The molecule has 10 heteroatoms. The number of hydrogen-bond acceptors (Lipinski definition) is 10. The van der Waals surface area contributed by atoms with Crippen LogP contribution in [0.3, 0.4) is 0 Å². The highest BCUT2D eigenvalue weighted by Gasteiger charge is 2.44. The maximum atomic E-state index is 12.8. The number of aromatic hydroxyl groups is 3. The van der Waals surface area contributed by atoms with Gasteiger partial charge in [-0.2, -0.15) is 0 Å². The zero-order valence-corrected chi connectivity index (χ0v) is 17.1. The van der Waals surface area contributed by atoms with Gasteiger partial charge in [-0.05, 0) is 25.1 Å². The lowest BCUT2D eigenvalue weighted by Crippen LogP contribution is -2.53. The summed E-state index contributed by atoms with van der Waals surface area (Å²) in [4.78, 5) is 12.8. The van der Waals surface area contributed by atoms with E-state index in [1.807, 2.05) is 0 Å². The van der Waals surface area contributed by atoms with Crippen LogP contribution in [0.2, 0.25) is 0 Å². The van der Waals surface area contributed by atoms with Crippen molar-refractivity contribution in [3.63, 3.8) is 0 Å². The van der Waals surface area contributed by atoms with Gasteiger partial charge in [0, 0.05) is 17.7 Å². The molecule has 6 N–H and O–H groups in total. The summed E-state index contributed by atoms with van der Waals surface area (Å²) >= 11 is 0. The Hall–Kier alpha value is -3.31. The highest BCUT2D eigenvalue weighted by Crippen LogP contribution is 2.44. The number of ether oxygens (including phenoxy) is 2. The molecule has 0 saturated carbocycles. The number of aliphatic hydroxyl groups excluding tert-OH is 3. The van der Waals surface area contributed by atoms with Gasteiger partial charge in [-0.15, -0.1) is 0 Å². The lowest BCUT2D eigenvalue weighted by atomic mass is 9.90. The summed E-state index contributed by atoms with van der Waals surface area (Å²) in [7, 11) is 1.37. The van der Waals surface area contributed by atoms with Gasteiger partial charge >= 0.3 is 0 Å². The number of methoxy groups -OCH3 is 1. The zero-order chi connectivity index (χ0) is 23.3. The molecule has 2 aromatic carbocycles. The molecule has 32 heavy (non-hydrogen) atoms. The number of hydrogen-bond donors (Lipinski definition) is 6. The average Bonchev–Trinajstić information content (AvgIpc) is 2.75. The van der Waals surface area contributed by atoms with Crippen molar-refractivity contribution >= 4 is 11.0 Å². The lowest BCUT2D eigenvalue weighted by Gasteiger charge is -2.39. The monoisotopic (exact) mass is 446 g/mol. The lowest BCUT2D eigenvalue weighted by molar-refractivity contribution is -0.220. The summed E-state index contributed by atoms with van der Waals surface area (Å²) in [6.07, 6.45) is -6.97. The van der Waals surface area contributed by atoms with Gasteiger partial charge in [-0.25, -0.2) is 0 Å². The number of benzene rings is 2. The van der Waals surface area contributed by atoms with Crippen LogP contribution in [-0.2, 0) is 4.74 Å². The Labute approximate surface area is 181 Å². The number of rotatable bonds is 3. The highest BCUT2D eigenvalue weighted by atomic mass is 16.5. The summed E-state index contributed by atoms with van der Waals surface area (Å²) in [6, 6.07) is 6.52. The van der Waals surface area contributed by atoms with Gasteiger partial charge in [0.2, 0.25) is 0 Å². The van der Waals surface area contributed by atoms with Crippen molar-refractivity contribution in [2.75, 3.05) is 7.11 Å². The molecule has 2 heterocycles. The van der Waals surface area contributed by atoms with E-state index < -0.39 is 47.4 Å². The molecule has 0 amide bonds. The molecule has 0 radical (unpaired) electrons. The molecule has 1 aliphatic rings. The standard InChI is InChI=1S/C22H22O10/c1-8-18(26)20(28)21(29)22(31-8)17-12(25)7-15-16(19(17)27)11(24)6-13(32-15)9-3-4-10(23)14(5-9)30-2/h3-8,18,20-23,25-29H,1-2H3/t8-,18+,20+,21-,22+/m0/s1. The molecule has 1 saturated heterocycles. The molecule has 170 valence electrons. The number of fused-ring (bicyclic) bond motifs is 1. The van der Waals surface area contributed by atoms with Crippen molar-refractivity contribution in [2.45, 2.75) is 37.4 Å². The number of phenolic OH excluding ortho intramolecular Hbond substituents is 3. The van der Waals surface area contributed by atoms with Gasteiger partial charge in [-0.1, -0.05) is 0 Å². The Morgan fingerprint density at radius 3 is 2.34 bits per heavy atom. The SMILES string of the molecule is COc1cc(-c2cc(=O)c3c(O)c([C@H]4O[C@@H](C)[C@@H](O)[C@@H](O)[C@@H]4O)c(O)cc3o2)ccc1O. The predicted molar refractivity (Wildman–Crippen MR) is 111 cm³/mol. The summed E-state index contributed by atoms with van der Waals surface area (Å²) in [6.45, 7) is 1.45. The topological polar surface area (TPSA) is 170 Å². The van der Waals surface area contributed by atoms with Crippen molar-refractivity contribution < 1.29 is 44.5 Å². The van der Waals surface area contributed by atoms with Crippen LogP contribution >= 0.6 is 0 Å². The largest absolute Gasteiger partial charge is 0.507 e. The number of aliphatic hydroxyl groups is 3. The second-order valence-electron chi connectivity index (χ2n) is 7.63. The Morgan fingerprint density at radius 1 is 0.938 bits per heavy atom. The zero-order valence-electron chi connectivity index (χ0n) is 17.1. The van der Waals surface area contributed by atoms with Crippen molar-refractivity contribution in [3.05, 3.63) is 46.1 Å². The first-order chi connectivity index (χ1) is 15.1. The Morgan fingerprint density at radius 2 is 1.66 bits per heavy atom. The van der Waals surface area contributed by atoms with Gasteiger partial charge < -0.3 is 44.5 Å². The molecule has 10 nitrogen and oxygen atoms in total. The summed E-state index contributed by atoms with van der Waals surface area (Å²) < 4.78 is 16.3. The van der Waals surface area contributed by atoms with E-state index in [2.05, 4.69) is 0 Å². The minimum absolute atomic E-state index is 0.0912. The Balaban J connectivity index is 1.86. The van der Waals surface area contributed by atoms with Crippen LogP contribution in [0.25, 0.3) is 22.3 Å². The fourth-order valence-corrected chi connectivity index (χ4v) is 3.85. The third-order valence-electron chi connectivity index (χ3n) is 5.61. The molecule has 0 aliphatic carbocycles. The van der Waals surface area contributed by atoms with Gasteiger partial charge in [0.25, 0.3) is 0 Å². The molecule has 1 aromatic heterocycles. The minimum Gasteiger partial charge on any atom is -0.507 e. The van der Waals surface area contributed by atoms with Crippen LogP contribution in [-0.4, -0.2) is 62.2 Å².